The zero-order valence-electron chi connectivity index (χ0n) is 10.8. The Kier molecular flexibility index (Phi) is 4.23. The van der Waals surface area contributed by atoms with Crippen LogP contribution in [0.4, 0.5) is 0 Å². The van der Waals surface area contributed by atoms with E-state index in [1.807, 2.05) is 13.3 Å². The average Bonchev–Trinajstić information content (AvgIpc) is 2.09. The van der Waals surface area contributed by atoms with Crippen LogP contribution in [0.15, 0.2) is 11.6 Å². The summed E-state index contributed by atoms with van der Waals surface area (Å²) in [6, 6.07) is 0. The van der Waals surface area contributed by atoms with Crippen LogP contribution in [0.5, 0.6) is 0 Å². The van der Waals surface area contributed by atoms with Crippen molar-refractivity contribution in [3.8, 4) is 0 Å². The molecule has 1 aliphatic rings. The summed E-state index contributed by atoms with van der Waals surface area (Å²) in [6.07, 6.45) is 5.47. The molecule has 0 aromatic carbocycles. The van der Waals surface area contributed by atoms with Gasteiger partial charge < -0.3 is 4.57 Å². The van der Waals surface area contributed by atoms with E-state index in [2.05, 4.69) is 26.8 Å². The van der Waals surface area contributed by atoms with Gasteiger partial charge in [0.15, 0.2) is 0 Å². The van der Waals surface area contributed by atoms with Gasteiger partial charge in [0.1, 0.15) is 0 Å². The Morgan fingerprint density at radius 3 is 2.07 bits per heavy atom. The zero-order valence-corrected chi connectivity index (χ0v) is 11.7. The molecule has 0 spiro atoms. The fourth-order valence-corrected chi connectivity index (χ4v) is 3.06. The summed E-state index contributed by atoms with van der Waals surface area (Å²) in [4.78, 5) is 0. The van der Waals surface area contributed by atoms with Crippen molar-refractivity contribution in [2.45, 2.75) is 33.6 Å². The van der Waals surface area contributed by atoms with Gasteiger partial charge in [0.25, 0.3) is 0 Å². The van der Waals surface area contributed by atoms with Crippen LogP contribution in [0.1, 0.15) is 33.6 Å². The predicted octanol–water partition coefficient (Wildman–Crippen LogP) is 4.24. The Balaban J connectivity index is 2.62. The molecule has 0 radical (unpaired) electrons. The third-order valence-electron chi connectivity index (χ3n) is 3.78. The van der Waals surface area contributed by atoms with Gasteiger partial charge in [-0.05, 0) is 43.9 Å². The number of hydrogen-bond acceptors (Lipinski definition) is 1. The first-order valence-corrected chi connectivity index (χ1v) is 8.80. The van der Waals surface area contributed by atoms with Crippen LogP contribution in [0.2, 0.25) is 0 Å². The van der Waals surface area contributed by atoms with Gasteiger partial charge in [-0.2, -0.15) is 0 Å². The summed E-state index contributed by atoms with van der Waals surface area (Å²) in [7, 11) is -1.86. The third-order valence-corrected chi connectivity index (χ3v) is 4.85. The maximum Gasteiger partial charge on any atom is 0.0855 e. The highest BCUT2D eigenvalue weighted by Gasteiger charge is 2.26. The van der Waals surface area contributed by atoms with Gasteiger partial charge in [-0.3, -0.25) is 0 Å². The fraction of sp³-hybridized carbons (Fsp3) is 0.846. The van der Waals surface area contributed by atoms with Crippen molar-refractivity contribution in [1.29, 1.82) is 0 Å². The molecule has 0 saturated heterocycles. The summed E-state index contributed by atoms with van der Waals surface area (Å²) in [5.41, 5.74) is 1.54. The molecular formula is C13H25OP. The second kappa shape index (κ2) is 4.87. The van der Waals surface area contributed by atoms with E-state index in [-0.39, 0.29) is 0 Å². The van der Waals surface area contributed by atoms with Crippen LogP contribution in [0, 0.1) is 17.8 Å². The van der Waals surface area contributed by atoms with E-state index in [1.54, 1.807) is 0 Å². The third kappa shape index (κ3) is 4.15. The maximum absolute atomic E-state index is 11.6. The van der Waals surface area contributed by atoms with Crippen LogP contribution in [-0.4, -0.2) is 19.5 Å². The van der Waals surface area contributed by atoms with Crippen LogP contribution >= 0.6 is 7.14 Å². The van der Waals surface area contributed by atoms with E-state index in [0.29, 0.717) is 0 Å². The standard InChI is InChI=1S/C13H25OP/c1-10-8-13(6-7-15(4,5)14)9-11(2)12(10)3/h6,10-12H,7-9H2,1-5H3/t10-,11-,12?/m1/s1. The van der Waals surface area contributed by atoms with Crippen LogP contribution in [0.25, 0.3) is 0 Å². The van der Waals surface area contributed by atoms with Gasteiger partial charge in [-0.25, -0.2) is 0 Å². The lowest BCUT2D eigenvalue weighted by Gasteiger charge is -2.33. The lowest BCUT2D eigenvalue weighted by molar-refractivity contribution is 0.237. The summed E-state index contributed by atoms with van der Waals surface area (Å²) >= 11 is 0. The molecule has 0 aliphatic heterocycles. The van der Waals surface area contributed by atoms with Crippen molar-refractivity contribution in [2.75, 3.05) is 19.5 Å². The first-order chi connectivity index (χ1) is 6.79. The Morgan fingerprint density at radius 2 is 1.67 bits per heavy atom. The van der Waals surface area contributed by atoms with Crippen LogP contribution in [-0.2, 0) is 4.57 Å². The Morgan fingerprint density at radius 1 is 1.20 bits per heavy atom. The van der Waals surface area contributed by atoms with Crippen molar-refractivity contribution in [2.24, 2.45) is 17.8 Å². The maximum atomic E-state index is 11.6. The topological polar surface area (TPSA) is 17.1 Å². The SMILES string of the molecule is CC1[C@H](C)CC(=CCP(C)(C)=O)C[C@H]1C. The first-order valence-electron chi connectivity index (χ1n) is 6.01. The second-order valence-corrected chi connectivity index (χ2v) is 9.35. The van der Waals surface area contributed by atoms with Crippen molar-refractivity contribution >= 4 is 7.14 Å². The van der Waals surface area contributed by atoms with E-state index in [9.17, 15) is 4.57 Å². The molecule has 0 aromatic rings. The molecule has 0 amide bonds. The van der Waals surface area contributed by atoms with Crippen LogP contribution < -0.4 is 0 Å². The van der Waals surface area contributed by atoms with Crippen molar-refractivity contribution in [1.82, 2.24) is 0 Å². The molecule has 0 N–H and O–H groups in total. The molecule has 88 valence electrons. The zero-order chi connectivity index (χ0) is 11.6. The molecule has 1 aliphatic carbocycles. The summed E-state index contributed by atoms with van der Waals surface area (Å²) < 4.78 is 11.6. The molecule has 15 heavy (non-hydrogen) atoms. The monoisotopic (exact) mass is 228 g/mol. The smallest absolute Gasteiger partial charge is 0.0855 e. The van der Waals surface area contributed by atoms with Crippen molar-refractivity contribution in [3.63, 3.8) is 0 Å². The predicted molar refractivity (Wildman–Crippen MR) is 69.1 cm³/mol. The molecule has 0 unspecified atom stereocenters. The number of allylic oxidation sites excluding steroid dienone is 2. The normalized spacial score (nSPS) is 32.9. The largest absolute Gasteiger partial charge is 0.324 e. The highest BCUT2D eigenvalue weighted by Crippen LogP contribution is 2.40. The first kappa shape index (κ1) is 13.0. The molecule has 2 atom stereocenters. The quantitative estimate of drug-likeness (QED) is 0.510. The lowest BCUT2D eigenvalue weighted by atomic mass is 9.72. The van der Waals surface area contributed by atoms with Gasteiger partial charge in [0.05, 0.1) is 7.14 Å². The van der Waals surface area contributed by atoms with E-state index < -0.39 is 7.14 Å². The Hall–Kier alpha value is -0.0300. The highest BCUT2D eigenvalue weighted by atomic mass is 31.2. The molecule has 1 fully saturated rings. The van der Waals surface area contributed by atoms with Gasteiger partial charge in [-0.15, -0.1) is 0 Å². The molecular weight excluding hydrogens is 203 g/mol. The van der Waals surface area contributed by atoms with Gasteiger partial charge >= 0.3 is 0 Å². The van der Waals surface area contributed by atoms with Crippen molar-refractivity contribution < 1.29 is 4.57 Å². The highest BCUT2D eigenvalue weighted by molar-refractivity contribution is 7.62. The number of rotatable bonds is 2. The van der Waals surface area contributed by atoms with Crippen molar-refractivity contribution in [3.05, 3.63) is 11.6 Å². The van der Waals surface area contributed by atoms with E-state index in [0.717, 1.165) is 23.9 Å². The van der Waals surface area contributed by atoms with E-state index in [1.165, 1.54) is 18.4 Å². The minimum atomic E-state index is -1.86. The molecule has 0 bridgehead atoms. The Labute approximate surface area is 94.7 Å². The Bertz CT molecular complexity index is 273. The molecule has 1 nitrogen and oxygen atoms in total. The molecule has 1 rings (SSSR count). The molecule has 2 heteroatoms. The van der Waals surface area contributed by atoms with E-state index >= 15 is 0 Å². The molecule has 1 saturated carbocycles. The van der Waals surface area contributed by atoms with Gasteiger partial charge in [-0.1, -0.05) is 32.4 Å². The average molecular weight is 228 g/mol. The molecule has 0 heterocycles. The minimum Gasteiger partial charge on any atom is -0.324 e. The van der Waals surface area contributed by atoms with Gasteiger partial charge in [0.2, 0.25) is 0 Å². The number of hydrogen-bond donors (Lipinski definition) is 0. The van der Waals surface area contributed by atoms with Crippen LogP contribution in [0.3, 0.4) is 0 Å². The fourth-order valence-electron chi connectivity index (χ4n) is 2.36. The summed E-state index contributed by atoms with van der Waals surface area (Å²) in [5.74, 6) is 2.40. The molecule has 0 aromatic heterocycles. The van der Waals surface area contributed by atoms with E-state index in [4.69, 9.17) is 0 Å². The minimum absolute atomic E-state index is 0.785. The van der Waals surface area contributed by atoms with Gasteiger partial charge in [0, 0.05) is 6.16 Å². The lowest BCUT2D eigenvalue weighted by Crippen LogP contribution is -2.23. The summed E-state index contributed by atoms with van der Waals surface area (Å²) in [5, 5.41) is 0. The second-order valence-electron chi connectivity index (χ2n) is 5.84. The summed E-state index contributed by atoms with van der Waals surface area (Å²) in [6.45, 7) is 10.8.